The number of nitrogens with one attached hydrogen (secondary N) is 1. The summed E-state index contributed by atoms with van der Waals surface area (Å²) in [5.41, 5.74) is 1.22. The number of benzene rings is 2. The standard InChI is InChI=1S/C22H21FN2O4/c1-15-21(27)20(26)9-11-25(15)12-10-24-22(28)17-5-7-19(8-6-17)29-14-16-3-2-4-18(23)13-16/h2-9,11,13,27H,10,12,14H2,1H3,(H,24,28). The van der Waals surface area contributed by atoms with E-state index in [1.807, 2.05) is 0 Å². The second-order valence-electron chi connectivity index (χ2n) is 6.51. The molecule has 7 heteroatoms. The summed E-state index contributed by atoms with van der Waals surface area (Å²) in [7, 11) is 0. The SMILES string of the molecule is Cc1c(O)c(=O)ccn1CCNC(=O)c1ccc(OCc2cccc(F)c2)cc1. The molecular weight excluding hydrogens is 375 g/mol. The Morgan fingerprint density at radius 2 is 1.93 bits per heavy atom. The first-order chi connectivity index (χ1) is 13.9. The summed E-state index contributed by atoms with van der Waals surface area (Å²) < 4.78 is 20.5. The lowest BCUT2D eigenvalue weighted by Crippen LogP contribution is -2.28. The summed E-state index contributed by atoms with van der Waals surface area (Å²) in [5, 5.41) is 12.5. The van der Waals surface area contributed by atoms with Gasteiger partial charge in [-0.1, -0.05) is 12.1 Å². The molecule has 2 N–H and O–H groups in total. The molecule has 1 amide bonds. The number of aromatic hydroxyl groups is 1. The Morgan fingerprint density at radius 1 is 1.17 bits per heavy atom. The molecule has 0 aliphatic rings. The quantitative estimate of drug-likeness (QED) is 0.643. The van der Waals surface area contributed by atoms with Crippen molar-refractivity contribution in [3.8, 4) is 11.5 Å². The fourth-order valence-corrected chi connectivity index (χ4v) is 2.79. The van der Waals surface area contributed by atoms with Gasteiger partial charge in [0.1, 0.15) is 18.2 Å². The van der Waals surface area contributed by atoms with Gasteiger partial charge in [-0.15, -0.1) is 0 Å². The molecule has 1 heterocycles. The Labute approximate surface area is 167 Å². The highest BCUT2D eigenvalue weighted by molar-refractivity contribution is 5.94. The van der Waals surface area contributed by atoms with E-state index < -0.39 is 5.43 Å². The summed E-state index contributed by atoms with van der Waals surface area (Å²) in [4.78, 5) is 23.6. The molecule has 0 aliphatic heterocycles. The van der Waals surface area contributed by atoms with E-state index in [4.69, 9.17) is 4.74 Å². The lowest BCUT2D eigenvalue weighted by molar-refractivity contribution is 0.0952. The van der Waals surface area contributed by atoms with Crippen molar-refractivity contribution in [1.82, 2.24) is 9.88 Å². The van der Waals surface area contributed by atoms with Crippen molar-refractivity contribution in [1.29, 1.82) is 0 Å². The molecule has 3 rings (SSSR count). The van der Waals surface area contributed by atoms with Crippen molar-refractivity contribution in [3.05, 3.63) is 93.7 Å². The van der Waals surface area contributed by atoms with Crippen molar-refractivity contribution in [3.63, 3.8) is 0 Å². The van der Waals surface area contributed by atoms with E-state index in [1.165, 1.54) is 18.2 Å². The van der Waals surface area contributed by atoms with Gasteiger partial charge in [0.05, 0.1) is 5.69 Å². The van der Waals surface area contributed by atoms with Crippen LogP contribution in [0.5, 0.6) is 11.5 Å². The number of hydrogen-bond acceptors (Lipinski definition) is 4. The summed E-state index contributed by atoms with van der Waals surface area (Å²) in [6.07, 6.45) is 1.58. The van der Waals surface area contributed by atoms with Gasteiger partial charge in [0.25, 0.3) is 5.91 Å². The number of carbonyl (C=O) groups excluding carboxylic acids is 1. The number of rotatable bonds is 7. The van der Waals surface area contributed by atoms with Crippen LogP contribution in [-0.2, 0) is 13.2 Å². The molecule has 0 saturated carbocycles. The maximum absolute atomic E-state index is 13.2. The van der Waals surface area contributed by atoms with Crippen molar-refractivity contribution < 1.29 is 19.0 Å². The van der Waals surface area contributed by atoms with Crippen molar-refractivity contribution in [2.24, 2.45) is 0 Å². The molecule has 0 atom stereocenters. The predicted molar refractivity (Wildman–Crippen MR) is 107 cm³/mol. The van der Waals surface area contributed by atoms with Gasteiger partial charge in [-0.3, -0.25) is 9.59 Å². The summed E-state index contributed by atoms with van der Waals surface area (Å²) in [6.45, 7) is 2.62. The highest BCUT2D eigenvalue weighted by Crippen LogP contribution is 2.15. The molecule has 3 aromatic rings. The second-order valence-corrected chi connectivity index (χ2v) is 6.51. The number of pyridine rings is 1. The number of amides is 1. The maximum Gasteiger partial charge on any atom is 0.251 e. The van der Waals surface area contributed by atoms with Gasteiger partial charge in [-0.2, -0.15) is 0 Å². The van der Waals surface area contributed by atoms with Gasteiger partial charge in [-0.05, 0) is 48.9 Å². The third-order valence-corrected chi connectivity index (χ3v) is 4.46. The Hall–Kier alpha value is -3.61. The molecule has 6 nitrogen and oxygen atoms in total. The zero-order chi connectivity index (χ0) is 20.8. The van der Waals surface area contributed by atoms with Gasteiger partial charge in [0.2, 0.25) is 5.43 Å². The number of carbonyl (C=O) groups is 1. The van der Waals surface area contributed by atoms with E-state index in [0.29, 0.717) is 30.1 Å². The minimum absolute atomic E-state index is 0.231. The van der Waals surface area contributed by atoms with Crippen LogP contribution >= 0.6 is 0 Å². The zero-order valence-corrected chi connectivity index (χ0v) is 15.9. The number of ether oxygens (including phenoxy) is 1. The Kier molecular flexibility index (Phi) is 6.29. The largest absolute Gasteiger partial charge is 0.503 e. The predicted octanol–water partition coefficient (Wildman–Crippen LogP) is 3.01. The molecule has 150 valence electrons. The molecule has 0 radical (unpaired) electrons. The summed E-state index contributed by atoms with van der Waals surface area (Å²) in [5.74, 6) is -0.270. The zero-order valence-electron chi connectivity index (χ0n) is 15.9. The van der Waals surface area contributed by atoms with E-state index in [1.54, 1.807) is 54.1 Å². The highest BCUT2D eigenvalue weighted by atomic mass is 19.1. The second kappa shape index (κ2) is 9.05. The minimum atomic E-state index is -0.428. The molecule has 0 bridgehead atoms. The molecule has 0 aliphatic carbocycles. The van der Waals surface area contributed by atoms with Crippen molar-refractivity contribution >= 4 is 5.91 Å². The smallest absolute Gasteiger partial charge is 0.251 e. The van der Waals surface area contributed by atoms with E-state index in [-0.39, 0.29) is 24.1 Å². The third-order valence-electron chi connectivity index (χ3n) is 4.46. The number of nitrogens with zero attached hydrogens (tertiary/aromatic N) is 1. The van der Waals surface area contributed by atoms with Crippen LogP contribution in [0.3, 0.4) is 0 Å². The fraction of sp³-hybridized carbons (Fsp3) is 0.182. The summed E-state index contributed by atoms with van der Waals surface area (Å²) >= 11 is 0. The monoisotopic (exact) mass is 396 g/mol. The van der Waals surface area contributed by atoms with Crippen LogP contribution in [0.4, 0.5) is 4.39 Å². The lowest BCUT2D eigenvalue weighted by Gasteiger charge is -2.12. The Bertz CT molecular complexity index is 1060. The number of hydrogen-bond donors (Lipinski definition) is 2. The van der Waals surface area contributed by atoms with Gasteiger partial charge in [0, 0.05) is 30.9 Å². The van der Waals surface area contributed by atoms with Crippen molar-refractivity contribution in [2.45, 2.75) is 20.1 Å². The first-order valence-electron chi connectivity index (χ1n) is 9.08. The fourth-order valence-electron chi connectivity index (χ4n) is 2.79. The van der Waals surface area contributed by atoms with Crippen LogP contribution in [0, 0.1) is 12.7 Å². The van der Waals surface area contributed by atoms with E-state index in [0.717, 1.165) is 5.56 Å². The maximum atomic E-state index is 13.2. The van der Waals surface area contributed by atoms with Crippen LogP contribution in [0.2, 0.25) is 0 Å². The summed E-state index contributed by atoms with van der Waals surface area (Å²) in [6, 6.07) is 14.1. The molecule has 1 aromatic heterocycles. The van der Waals surface area contributed by atoms with Gasteiger partial charge in [-0.25, -0.2) is 4.39 Å². The number of halogens is 1. The minimum Gasteiger partial charge on any atom is -0.503 e. The van der Waals surface area contributed by atoms with Crippen LogP contribution in [0.25, 0.3) is 0 Å². The molecule has 0 unspecified atom stereocenters. The first-order valence-corrected chi connectivity index (χ1v) is 9.08. The molecular formula is C22H21FN2O4. The van der Waals surface area contributed by atoms with Gasteiger partial charge in [0.15, 0.2) is 5.75 Å². The third kappa shape index (κ3) is 5.22. The first kappa shape index (κ1) is 20.1. The van der Waals surface area contributed by atoms with E-state index in [2.05, 4.69) is 5.32 Å². The Balaban J connectivity index is 1.51. The Morgan fingerprint density at radius 3 is 2.66 bits per heavy atom. The molecule has 0 spiro atoms. The molecule has 0 saturated heterocycles. The van der Waals surface area contributed by atoms with Crippen LogP contribution in [-0.4, -0.2) is 22.1 Å². The normalized spacial score (nSPS) is 10.6. The van der Waals surface area contributed by atoms with Crippen molar-refractivity contribution in [2.75, 3.05) is 6.54 Å². The van der Waals surface area contributed by atoms with Crippen LogP contribution in [0.15, 0.2) is 65.6 Å². The topological polar surface area (TPSA) is 80.6 Å². The van der Waals surface area contributed by atoms with Crippen LogP contribution in [0.1, 0.15) is 21.6 Å². The highest BCUT2D eigenvalue weighted by Gasteiger charge is 2.08. The van der Waals surface area contributed by atoms with E-state index >= 15 is 0 Å². The average molecular weight is 396 g/mol. The van der Waals surface area contributed by atoms with Gasteiger partial charge >= 0.3 is 0 Å². The number of aromatic nitrogens is 1. The molecule has 0 fully saturated rings. The van der Waals surface area contributed by atoms with E-state index in [9.17, 15) is 19.1 Å². The lowest BCUT2D eigenvalue weighted by atomic mass is 10.2. The molecule has 29 heavy (non-hydrogen) atoms. The van der Waals surface area contributed by atoms with Crippen LogP contribution < -0.4 is 15.5 Å². The average Bonchev–Trinajstić information content (AvgIpc) is 2.72. The molecule has 2 aromatic carbocycles. The van der Waals surface area contributed by atoms with Gasteiger partial charge < -0.3 is 19.7 Å².